The first-order valence-corrected chi connectivity index (χ1v) is 5.94. The van der Waals surface area contributed by atoms with Gasteiger partial charge in [-0.2, -0.15) is 0 Å². The van der Waals surface area contributed by atoms with Gasteiger partial charge in [0.05, 0.1) is 13.2 Å². The molecule has 1 aromatic carbocycles. The van der Waals surface area contributed by atoms with Crippen molar-refractivity contribution in [1.82, 2.24) is 5.32 Å². The number of hydrogen-bond donors (Lipinski definition) is 1. The summed E-state index contributed by atoms with van der Waals surface area (Å²) in [6.07, 6.45) is 0. The first-order chi connectivity index (χ1) is 8.74. The Hall–Kier alpha value is -1.75. The van der Waals surface area contributed by atoms with Crippen LogP contribution >= 0.6 is 0 Å². The van der Waals surface area contributed by atoms with E-state index in [-0.39, 0.29) is 12.6 Å². The minimum absolute atomic E-state index is 0.0913. The molecule has 0 radical (unpaired) electrons. The zero-order valence-electron chi connectivity index (χ0n) is 10.6. The first kappa shape index (κ1) is 12.7. The van der Waals surface area contributed by atoms with Gasteiger partial charge in [0.25, 0.3) is 0 Å². The number of nitrogens with one attached hydrogen (secondary N) is 1. The third-order valence-electron chi connectivity index (χ3n) is 2.80. The Labute approximate surface area is 106 Å². The number of methoxy groups -OCH3 is 1. The van der Waals surface area contributed by atoms with E-state index in [9.17, 15) is 4.79 Å². The van der Waals surface area contributed by atoms with Gasteiger partial charge in [0.2, 0.25) is 0 Å². The van der Waals surface area contributed by atoms with E-state index in [4.69, 9.17) is 9.47 Å². The monoisotopic (exact) mass is 251 g/mol. The van der Waals surface area contributed by atoms with Gasteiger partial charge < -0.3 is 19.5 Å². The lowest BCUT2D eigenvalue weighted by molar-refractivity contribution is -0.142. The van der Waals surface area contributed by atoms with Crippen molar-refractivity contribution in [2.45, 2.75) is 13.0 Å². The van der Waals surface area contributed by atoms with Crippen LogP contribution in [0, 0.1) is 0 Å². The maximum absolute atomic E-state index is 11.0. The Morgan fingerprint density at radius 3 is 3.11 bits per heavy atom. The third-order valence-corrected chi connectivity index (χ3v) is 2.80. The number of fused-ring (bicyclic) bond motifs is 1. The summed E-state index contributed by atoms with van der Waals surface area (Å²) in [6, 6.07) is 5.83. The summed E-state index contributed by atoms with van der Waals surface area (Å²) >= 11 is 0. The number of likely N-dealkylation sites (N-methyl/N-ethyl adjacent to an activating group) is 1. The van der Waals surface area contributed by atoms with E-state index >= 15 is 0 Å². The lowest BCUT2D eigenvalue weighted by atomic mass is 10.1. The maximum atomic E-state index is 11.0. The standard InChI is InChI=1S/C13H17NO4/c1-3-14-11-7-18-12-6-9(4-5-10(11)12)17-8-13(15)16-2/h4-6,11,14H,3,7-8H2,1-2H3. The fourth-order valence-corrected chi connectivity index (χ4v) is 1.90. The summed E-state index contributed by atoms with van der Waals surface area (Å²) in [7, 11) is 1.33. The summed E-state index contributed by atoms with van der Waals surface area (Å²) in [5.74, 6) is 1.02. The highest BCUT2D eigenvalue weighted by Crippen LogP contribution is 2.35. The Kier molecular flexibility index (Phi) is 4.04. The van der Waals surface area contributed by atoms with Crippen molar-refractivity contribution in [3.63, 3.8) is 0 Å². The van der Waals surface area contributed by atoms with Crippen LogP contribution < -0.4 is 14.8 Å². The predicted octanol–water partition coefficient (Wildman–Crippen LogP) is 1.28. The zero-order valence-corrected chi connectivity index (χ0v) is 10.6. The van der Waals surface area contributed by atoms with Crippen LogP contribution in [0.25, 0.3) is 0 Å². The molecule has 1 heterocycles. The molecule has 1 aliphatic heterocycles. The molecule has 1 N–H and O–H groups in total. The molecule has 0 saturated carbocycles. The van der Waals surface area contributed by atoms with Crippen LogP contribution in [0.15, 0.2) is 18.2 Å². The van der Waals surface area contributed by atoms with E-state index in [2.05, 4.69) is 17.0 Å². The SMILES string of the molecule is CCNC1COc2cc(OCC(=O)OC)ccc21. The molecular formula is C13H17NO4. The molecule has 5 nitrogen and oxygen atoms in total. The topological polar surface area (TPSA) is 56.8 Å². The van der Waals surface area contributed by atoms with Gasteiger partial charge in [-0.25, -0.2) is 4.79 Å². The molecule has 0 fully saturated rings. The average Bonchev–Trinajstić information content (AvgIpc) is 2.79. The Morgan fingerprint density at radius 1 is 1.56 bits per heavy atom. The lowest BCUT2D eigenvalue weighted by Crippen LogP contribution is -2.21. The highest BCUT2D eigenvalue weighted by atomic mass is 16.6. The Balaban J connectivity index is 2.03. The highest BCUT2D eigenvalue weighted by Gasteiger charge is 2.23. The first-order valence-electron chi connectivity index (χ1n) is 5.94. The molecule has 2 rings (SSSR count). The molecule has 18 heavy (non-hydrogen) atoms. The molecule has 0 aliphatic carbocycles. The third kappa shape index (κ3) is 2.73. The molecule has 0 saturated heterocycles. The van der Waals surface area contributed by atoms with E-state index in [0.29, 0.717) is 12.4 Å². The van der Waals surface area contributed by atoms with Crippen molar-refractivity contribution in [2.24, 2.45) is 0 Å². The van der Waals surface area contributed by atoms with E-state index in [1.54, 1.807) is 6.07 Å². The summed E-state index contributed by atoms with van der Waals surface area (Å²) < 4.78 is 15.4. The van der Waals surface area contributed by atoms with Crippen molar-refractivity contribution in [1.29, 1.82) is 0 Å². The summed E-state index contributed by atoms with van der Waals surface area (Å²) in [4.78, 5) is 11.0. The summed E-state index contributed by atoms with van der Waals surface area (Å²) in [5, 5.41) is 3.34. The molecule has 0 spiro atoms. The molecule has 0 amide bonds. The van der Waals surface area contributed by atoms with Gasteiger partial charge in [-0.05, 0) is 18.7 Å². The van der Waals surface area contributed by atoms with E-state index in [1.165, 1.54) is 7.11 Å². The molecule has 1 atom stereocenters. The second-order valence-corrected chi connectivity index (χ2v) is 3.99. The van der Waals surface area contributed by atoms with Gasteiger partial charge >= 0.3 is 5.97 Å². The predicted molar refractivity (Wildman–Crippen MR) is 65.9 cm³/mol. The minimum Gasteiger partial charge on any atom is -0.491 e. The zero-order chi connectivity index (χ0) is 13.0. The van der Waals surface area contributed by atoms with Crippen LogP contribution in [0.2, 0.25) is 0 Å². The Bertz CT molecular complexity index is 433. The quantitative estimate of drug-likeness (QED) is 0.799. The number of carbonyl (C=O) groups is 1. The fourth-order valence-electron chi connectivity index (χ4n) is 1.90. The van der Waals surface area contributed by atoms with Crippen LogP contribution in [0.3, 0.4) is 0 Å². The van der Waals surface area contributed by atoms with Crippen LogP contribution in [-0.2, 0) is 9.53 Å². The van der Waals surface area contributed by atoms with E-state index in [1.807, 2.05) is 12.1 Å². The largest absolute Gasteiger partial charge is 0.491 e. The molecule has 1 unspecified atom stereocenters. The Morgan fingerprint density at radius 2 is 2.39 bits per heavy atom. The molecule has 98 valence electrons. The molecule has 1 aliphatic rings. The van der Waals surface area contributed by atoms with E-state index < -0.39 is 5.97 Å². The summed E-state index contributed by atoms with van der Waals surface area (Å²) in [6.45, 7) is 3.50. The molecular weight excluding hydrogens is 234 g/mol. The normalized spacial score (nSPS) is 16.9. The van der Waals surface area contributed by atoms with Crippen molar-refractivity contribution in [3.05, 3.63) is 23.8 Å². The van der Waals surface area contributed by atoms with Crippen molar-refractivity contribution < 1.29 is 19.0 Å². The van der Waals surface area contributed by atoms with Crippen LogP contribution in [0.4, 0.5) is 0 Å². The van der Waals surface area contributed by atoms with Gasteiger partial charge in [-0.1, -0.05) is 6.92 Å². The molecule has 5 heteroatoms. The van der Waals surface area contributed by atoms with Gasteiger partial charge in [0.1, 0.15) is 18.1 Å². The second kappa shape index (κ2) is 5.73. The number of carbonyl (C=O) groups excluding carboxylic acids is 1. The minimum atomic E-state index is -0.401. The van der Waals surface area contributed by atoms with Gasteiger partial charge in [0, 0.05) is 11.6 Å². The number of rotatable bonds is 5. The number of benzene rings is 1. The lowest BCUT2D eigenvalue weighted by Gasteiger charge is -2.09. The summed E-state index contributed by atoms with van der Waals surface area (Å²) in [5.41, 5.74) is 1.13. The highest BCUT2D eigenvalue weighted by molar-refractivity contribution is 5.70. The number of esters is 1. The van der Waals surface area contributed by atoms with Crippen LogP contribution in [0.5, 0.6) is 11.5 Å². The average molecular weight is 251 g/mol. The maximum Gasteiger partial charge on any atom is 0.343 e. The van der Waals surface area contributed by atoms with E-state index in [0.717, 1.165) is 17.9 Å². The van der Waals surface area contributed by atoms with Crippen molar-refractivity contribution in [3.8, 4) is 11.5 Å². The smallest absolute Gasteiger partial charge is 0.343 e. The second-order valence-electron chi connectivity index (χ2n) is 3.99. The van der Waals surface area contributed by atoms with Gasteiger partial charge in [-0.15, -0.1) is 0 Å². The van der Waals surface area contributed by atoms with Crippen molar-refractivity contribution >= 4 is 5.97 Å². The van der Waals surface area contributed by atoms with Crippen LogP contribution in [0.1, 0.15) is 18.5 Å². The molecule has 1 aromatic rings. The molecule has 0 bridgehead atoms. The number of ether oxygens (including phenoxy) is 3. The van der Waals surface area contributed by atoms with Crippen LogP contribution in [-0.4, -0.2) is 32.8 Å². The fraction of sp³-hybridized carbons (Fsp3) is 0.462. The van der Waals surface area contributed by atoms with Crippen molar-refractivity contribution in [2.75, 3.05) is 26.9 Å². The number of hydrogen-bond acceptors (Lipinski definition) is 5. The van der Waals surface area contributed by atoms with Gasteiger partial charge in [0.15, 0.2) is 6.61 Å². The molecule has 0 aromatic heterocycles. The van der Waals surface area contributed by atoms with Gasteiger partial charge in [-0.3, -0.25) is 0 Å².